The molecule has 1 amide bonds. The SMILES string of the molecule is COC(C)NC(=O)c1[c]cccc1. The Kier molecular flexibility index (Phi) is 3.46. The third-order valence-electron chi connectivity index (χ3n) is 1.64. The van der Waals surface area contributed by atoms with Gasteiger partial charge in [-0.1, -0.05) is 18.2 Å². The molecule has 1 rings (SSSR count). The predicted molar refractivity (Wildman–Crippen MR) is 49.2 cm³/mol. The minimum absolute atomic E-state index is 0.171. The van der Waals surface area contributed by atoms with Crippen molar-refractivity contribution in [3.05, 3.63) is 35.9 Å². The number of benzene rings is 1. The van der Waals surface area contributed by atoms with Gasteiger partial charge in [-0.25, -0.2) is 0 Å². The number of methoxy groups -OCH3 is 1. The molecule has 0 heterocycles. The molecule has 69 valence electrons. The van der Waals surface area contributed by atoms with Crippen molar-refractivity contribution >= 4 is 5.91 Å². The van der Waals surface area contributed by atoms with Crippen molar-refractivity contribution in [3.8, 4) is 0 Å². The van der Waals surface area contributed by atoms with Gasteiger partial charge >= 0.3 is 0 Å². The van der Waals surface area contributed by atoms with Gasteiger partial charge in [0.15, 0.2) is 0 Å². The summed E-state index contributed by atoms with van der Waals surface area (Å²) >= 11 is 0. The summed E-state index contributed by atoms with van der Waals surface area (Å²) in [6.07, 6.45) is -0.277. The van der Waals surface area contributed by atoms with Crippen LogP contribution >= 0.6 is 0 Å². The summed E-state index contributed by atoms with van der Waals surface area (Å²) in [5.74, 6) is -0.171. The smallest absolute Gasteiger partial charge is 0.253 e. The van der Waals surface area contributed by atoms with E-state index in [1.165, 1.54) is 0 Å². The third kappa shape index (κ3) is 2.87. The molecule has 3 nitrogen and oxygen atoms in total. The van der Waals surface area contributed by atoms with Crippen LogP contribution in [0.4, 0.5) is 0 Å². The van der Waals surface area contributed by atoms with Crippen molar-refractivity contribution < 1.29 is 9.53 Å². The van der Waals surface area contributed by atoms with Gasteiger partial charge in [0.05, 0.1) is 0 Å². The predicted octanol–water partition coefficient (Wildman–Crippen LogP) is 1.21. The molecule has 1 aromatic carbocycles. The maximum atomic E-state index is 11.4. The van der Waals surface area contributed by atoms with Crippen molar-refractivity contribution in [3.63, 3.8) is 0 Å². The van der Waals surface area contributed by atoms with Gasteiger partial charge in [0.1, 0.15) is 6.23 Å². The minimum Gasteiger partial charge on any atom is -0.362 e. The van der Waals surface area contributed by atoms with Crippen molar-refractivity contribution in [2.24, 2.45) is 0 Å². The van der Waals surface area contributed by atoms with E-state index in [9.17, 15) is 4.79 Å². The quantitative estimate of drug-likeness (QED) is 0.706. The van der Waals surface area contributed by atoms with Crippen LogP contribution in [0.2, 0.25) is 0 Å². The average Bonchev–Trinajstić information content (AvgIpc) is 2.19. The topological polar surface area (TPSA) is 38.3 Å². The molecular weight excluding hydrogens is 166 g/mol. The number of hydrogen-bond acceptors (Lipinski definition) is 2. The van der Waals surface area contributed by atoms with E-state index in [1.54, 1.807) is 32.2 Å². The molecule has 1 N–H and O–H groups in total. The zero-order valence-corrected chi connectivity index (χ0v) is 7.70. The van der Waals surface area contributed by atoms with Crippen molar-refractivity contribution in [1.29, 1.82) is 0 Å². The molecule has 0 spiro atoms. The Morgan fingerprint density at radius 1 is 1.62 bits per heavy atom. The van der Waals surface area contributed by atoms with Gasteiger partial charge in [-0.2, -0.15) is 0 Å². The third-order valence-corrected chi connectivity index (χ3v) is 1.64. The van der Waals surface area contributed by atoms with E-state index in [-0.39, 0.29) is 12.1 Å². The van der Waals surface area contributed by atoms with Crippen LogP contribution in [0.3, 0.4) is 0 Å². The number of carbonyl (C=O) groups excluding carboxylic acids is 1. The van der Waals surface area contributed by atoms with E-state index in [0.29, 0.717) is 5.56 Å². The first-order valence-corrected chi connectivity index (χ1v) is 4.04. The number of hydrogen-bond donors (Lipinski definition) is 1. The summed E-state index contributed by atoms with van der Waals surface area (Å²) < 4.78 is 4.90. The average molecular weight is 178 g/mol. The van der Waals surface area contributed by atoms with Crippen molar-refractivity contribution in [1.82, 2.24) is 5.32 Å². The number of ether oxygens (including phenoxy) is 1. The molecule has 0 bridgehead atoms. The lowest BCUT2D eigenvalue weighted by Gasteiger charge is -2.11. The molecular formula is C10H12NO2. The van der Waals surface area contributed by atoms with Gasteiger partial charge < -0.3 is 10.1 Å². The number of carbonyl (C=O) groups is 1. The zero-order valence-electron chi connectivity index (χ0n) is 7.70. The van der Waals surface area contributed by atoms with Crippen LogP contribution in [0.25, 0.3) is 0 Å². The van der Waals surface area contributed by atoms with Crippen LogP contribution < -0.4 is 5.32 Å². The first kappa shape index (κ1) is 9.74. The van der Waals surface area contributed by atoms with Crippen molar-refractivity contribution in [2.75, 3.05) is 7.11 Å². The second-order valence-corrected chi connectivity index (χ2v) is 2.63. The minimum atomic E-state index is -0.277. The molecule has 1 unspecified atom stereocenters. The van der Waals surface area contributed by atoms with Gasteiger partial charge in [0.25, 0.3) is 5.91 Å². The molecule has 0 aliphatic carbocycles. The molecule has 0 aliphatic rings. The van der Waals surface area contributed by atoms with Gasteiger partial charge in [-0.15, -0.1) is 0 Å². The van der Waals surface area contributed by atoms with E-state index >= 15 is 0 Å². The Balaban J connectivity index is 2.59. The maximum absolute atomic E-state index is 11.4. The van der Waals surface area contributed by atoms with Crippen molar-refractivity contribution in [2.45, 2.75) is 13.2 Å². The van der Waals surface area contributed by atoms with E-state index < -0.39 is 0 Å². The molecule has 1 atom stereocenters. The fourth-order valence-electron chi connectivity index (χ4n) is 0.856. The first-order valence-electron chi connectivity index (χ1n) is 4.04. The highest BCUT2D eigenvalue weighted by molar-refractivity contribution is 5.93. The van der Waals surface area contributed by atoms with E-state index in [1.807, 2.05) is 6.07 Å². The van der Waals surface area contributed by atoms with Gasteiger partial charge in [0.2, 0.25) is 0 Å². The highest BCUT2D eigenvalue weighted by atomic mass is 16.5. The molecule has 3 heteroatoms. The van der Waals surface area contributed by atoms with Gasteiger partial charge in [-0.3, -0.25) is 4.79 Å². The Bertz CT molecular complexity index is 272. The van der Waals surface area contributed by atoms with Crippen LogP contribution in [0.15, 0.2) is 24.3 Å². The largest absolute Gasteiger partial charge is 0.362 e. The zero-order chi connectivity index (χ0) is 9.68. The highest BCUT2D eigenvalue weighted by Gasteiger charge is 2.07. The van der Waals surface area contributed by atoms with Crippen LogP contribution in [0, 0.1) is 6.07 Å². The molecule has 0 aromatic heterocycles. The number of rotatable bonds is 3. The lowest BCUT2D eigenvalue weighted by atomic mass is 10.2. The van der Waals surface area contributed by atoms with Gasteiger partial charge in [-0.05, 0) is 19.1 Å². The number of amides is 1. The van der Waals surface area contributed by atoms with Crippen LogP contribution in [-0.2, 0) is 4.74 Å². The van der Waals surface area contributed by atoms with E-state index in [2.05, 4.69) is 11.4 Å². The summed E-state index contributed by atoms with van der Waals surface area (Å²) in [5, 5.41) is 2.65. The van der Waals surface area contributed by atoms with E-state index in [0.717, 1.165) is 0 Å². The lowest BCUT2D eigenvalue weighted by molar-refractivity contribution is 0.0658. The first-order chi connectivity index (χ1) is 6.24. The standard InChI is InChI=1S/C10H12NO2/c1-8(13-2)11-10(12)9-6-4-3-5-7-9/h3-6,8H,1-2H3,(H,11,12). The highest BCUT2D eigenvalue weighted by Crippen LogP contribution is 1.97. The fourth-order valence-corrected chi connectivity index (χ4v) is 0.856. The molecule has 0 aliphatic heterocycles. The summed E-state index contributed by atoms with van der Waals surface area (Å²) in [5.41, 5.74) is 0.520. The molecule has 1 radical (unpaired) electrons. The summed E-state index contributed by atoms with van der Waals surface area (Å²) in [4.78, 5) is 11.4. The summed E-state index contributed by atoms with van der Waals surface area (Å²) in [7, 11) is 1.54. The Morgan fingerprint density at radius 2 is 2.38 bits per heavy atom. The lowest BCUT2D eigenvalue weighted by Crippen LogP contribution is -2.33. The Hall–Kier alpha value is -1.35. The van der Waals surface area contributed by atoms with E-state index in [4.69, 9.17) is 4.74 Å². The second-order valence-electron chi connectivity index (χ2n) is 2.63. The monoisotopic (exact) mass is 178 g/mol. The fraction of sp³-hybridized carbons (Fsp3) is 0.300. The van der Waals surface area contributed by atoms with Crippen LogP contribution in [0.5, 0.6) is 0 Å². The molecule has 0 saturated heterocycles. The number of nitrogens with one attached hydrogen (secondary N) is 1. The second kappa shape index (κ2) is 4.62. The van der Waals surface area contributed by atoms with Crippen LogP contribution in [0.1, 0.15) is 17.3 Å². The Morgan fingerprint density at radius 3 is 2.92 bits per heavy atom. The normalized spacial score (nSPS) is 12.2. The summed E-state index contributed by atoms with van der Waals surface area (Å²) in [6.45, 7) is 1.76. The van der Waals surface area contributed by atoms with Gasteiger partial charge in [0, 0.05) is 12.7 Å². The Labute approximate surface area is 77.7 Å². The molecule has 13 heavy (non-hydrogen) atoms. The van der Waals surface area contributed by atoms with Crippen LogP contribution in [-0.4, -0.2) is 19.2 Å². The molecule has 0 saturated carbocycles. The summed E-state index contributed by atoms with van der Waals surface area (Å²) in [6, 6.07) is 9.85. The maximum Gasteiger partial charge on any atom is 0.253 e. The molecule has 0 fully saturated rings. The molecule has 1 aromatic rings.